The summed E-state index contributed by atoms with van der Waals surface area (Å²) in [5, 5.41) is 13.5. The summed E-state index contributed by atoms with van der Waals surface area (Å²) in [7, 11) is 0. The Labute approximate surface area is 168 Å². The Morgan fingerprint density at radius 1 is 1.03 bits per heavy atom. The molecule has 0 aliphatic heterocycles. The molecule has 2 aromatic carbocycles. The third-order valence-corrected chi connectivity index (χ3v) is 3.60. The number of nitrogens with one attached hydrogen (secondary N) is 2. The standard InChI is InChI=1S/C22H20N2O5/c1-3-15(2)29-18-11-9-16(10-12-18)13-19(22(28)23-14-20(25)26)24-21(27)17-7-5-4-6-8-17/h3-13H,1-2,14H2,(H,23,28)(H,24,27)(H,25,26)/b19-13-. The van der Waals surface area contributed by atoms with Gasteiger partial charge in [0, 0.05) is 5.56 Å². The average molecular weight is 392 g/mol. The SMILES string of the molecule is C=CC(=C)Oc1ccc(/C=C(\NC(=O)c2ccccc2)C(=O)NCC(=O)O)cc1. The summed E-state index contributed by atoms with van der Waals surface area (Å²) >= 11 is 0. The highest BCUT2D eigenvalue weighted by Gasteiger charge is 2.15. The largest absolute Gasteiger partial charge is 0.480 e. The number of carboxylic acid groups (broad SMARTS) is 1. The van der Waals surface area contributed by atoms with Crippen LogP contribution in [0.1, 0.15) is 15.9 Å². The van der Waals surface area contributed by atoms with Crippen molar-refractivity contribution >= 4 is 23.9 Å². The zero-order chi connectivity index (χ0) is 21.2. The normalized spacial score (nSPS) is 10.6. The van der Waals surface area contributed by atoms with Gasteiger partial charge in [-0.25, -0.2) is 0 Å². The topological polar surface area (TPSA) is 105 Å². The van der Waals surface area contributed by atoms with E-state index >= 15 is 0 Å². The van der Waals surface area contributed by atoms with E-state index in [1.807, 2.05) is 0 Å². The van der Waals surface area contributed by atoms with Crippen molar-refractivity contribution in [2.24, 2.45) is 0 Å². The molecule has 7 nitrogen and oxygen atoms in total. The van der Waals surface area contributed by atoms with Gasteiger partial charge in [0.2, 0.25) is 0 Å². The van der Waals surface area contributed by atoms with E-state index in [1.165, 1.54) is 12.2 Å². The summed E-state index contributed by atoms with van der Waals surface area (Å²) in [5.74, 6) is -1.51. The van der Waals surface area contributed by atoms with Crippen molar-refractivity contribution < 1.29 is 24.2 Å². The van der Waals surface area contributed by atoms with Crippen LogP contribution in [0, 0.1) is 0 Å². The van der Waals surface area contributed by atoms with E-state index in [0.29, 0.717) is 22.6 Å². The summed E-state index contributed by atoms with van der Waals surface area (Å²) in [4.78, 5) is 35.5. The van der Waals surface area contributed by atoms with E-state index in [1.54, 1.807) is 54.6 Å². The minimum atomic E-state index is -1.20. The van der Waals surface area contributed by atoms with Crippen LogP contribution in [0.5, 0.6) is 5.75 Å². The maximum atomic E-state index is 12.4. The molecule has 0 unspecified atom stereocenters. The maximum Gasteiger partial charge on any atom is 0.322 e. The van der Waals surface area contributed by atoms with Crippen LogP contribution in [0.4, 0.5) is 0 Å². The predicted octanol–water partition coefficient (Wildman–Crippen LogP) is 2.74. The Morgan fingerprint density at radius 2 is 1.69 bits per heavy atom. The number of allylic oxidation sites excluding steroid dienone is 1. The first kappa shape index (κ1) is 21.2. The van der Waals surface area contributed by atoms with Gasteiger partial charge in [0.1, 0.15) is 23.8 Å². The molecule has 148 valence electrons. The van der Waals surface area contributed by atoms with Crippen LogP contribution in [-0.2, 0) is 9.59 Å². The second-order valence-electron chi connectivity index (χ2n) is 5.80. The maximum absolute atomic E-state index is 12.4. The van der Waals surface area contributed by atoms with Gasteiger partial charge in [0.05, 0.1) is 0 Å². The lowest BCUT2D eigenvalue weighted by Gasteiger charge is -2.11. The van der Waals surface area contributed by atoms with Crippen molar-refractivity contribution in [1.29, 1.82) is 0 Å². The molecule has 3 N–H and O–H groups in total. The van der Waals surface area contributed by atoms with Crippen LogP contribution in [0.25, 0.3) is 6.08 Å². The Balaban J connectivity index is 2.24. The number of carbonyl (C=O) groups excluding carboxylic acids is 2. The number of benzene rings is 2. The summed E-state index contributed by atoms with van der Waals surface area (Å²) < 4.78 is 5.41. The first-order valence-electron chi connectivity index (χ1n) is 8.56. The highest BCUT2D eigenvalue weighted by Crippen LogP contribution is 2.16. The van der Waals surface area contributed by atoms with Gasteiger partial charge in [-0.1, -0.05) is 43.5 Å². The van der Waals surface area contributed by atoms with Crippen LogP contribution in [0.15, 0.2) is 85.3 Å². The number of aliphatic carboxylic acids is 1. The molecule has 0 aliphatic rings. The number of carboxylic acids is 1. The first-order valence-corrected chi connectivity index (χ1v) is 8.56. The average Bonchev–Trinajstić information content (AvgIpc) is 2.73. The molecule has 0 aromatic heterocycles. The molecule has 0 saturated carbocycles. The van der Waals surface area contributed by atoms with Crippen LogP contribution >= 0.6 is 0 Å². The van der Waals surface area contributed by atoms with Crippen molar-refractivity contribution in [2.75, 3.05) is 6.54 Å². The molecular weight excluding hydrogens is 372 g/mol. The fraction of sp³-hybridized carbons (Fsp3) is 0.0455. The van der Waals surface area contributed by atoms with Crippen molar-refractivity contribution in [3.8, 4) is 5.75 Å². The molecule has 2 amide bonds. The third kappa shape index (κ3) is 6.84. The number of ether oxygens (including phenoxy) is 1. The highest BCUT2D eigenvalue weighted by atomic mass is 16.5. The first-order chi connectivity index (χ1) is 13.9. The zero-order valence-electron chi connectivity index (χ0n) is 15.6. The Hall–Kier alpha value is -4.13. The van der Waals surface area contributed by atoms with E-state index < -0.39 is 24.3 Å². The molecule has 0 spiro atoms. The van der Waals surface area contributed by atoms with Gasteiger partial charge in [-0.3, -0.25) is 14.4 Å². The van der Waals surface area contributed by atoms with Gasteiger partial charge in [0.25, 0.3) is 11.8 Å². The lowest BCUT2D eigenvalue weighted by atomic mass is 10.1. The van der Waals surface area contributed by atoms with Crippen molar-refractivity contribution in [2.45, 2.75) is 0 Å². The molecule has 2 aromatic rings. The second-order valence-corrected chi connectivity index (χ2v) is 5.80. The molecular formula is C22H20N2O5. The Bertz CT molecular complexity index is 947. The molecule has 7 heteroatoms. The molecule has 29 heavy (non-hydrogen) atoms. The molecule has 0 saturated heterocycles. The van der Waals surface area contributed by atoms with Crippen molar-refractivity contribution in [3.63, 3.8) is 0 Å². The summed E-state index contributed by atoms with van der Waals surface area (Å²) in [6.45, 7) is 6.64. The number of rotatable bonds is 9. The molecule has 0 bridgehead atoms. The smallest absolute Gasteiger partial charge is 0.322 e. The summed E-state index contributed by atoms with van der Waals surface area (Å²) in [6.07, 6.45) is 2.90. The summed E-state index contributed by atoms with van der Waals surface area (Å²) in [5.41, 5.74) is 0.857. The minimum absolute atomic E-state index is 0.0933. The number of carbonyl (C=O) groups is 3. The molecule has 2 rings (SSSR count). The fourth-order valence-electron chi connectivity index (χ4n) is 2.19. The number of hydrogen-bond donors (Lipinski definition) is 3. The van der Waals surface area contributed by atoms with Crippen molar-refractivity contribution in [3.05, 3.63) is 96.4 Å². The van der Waals surface area contributed by atoms with Crippen molar-refractivity contribution in [1.82, 2.24) is 10.6 Å². The second kappa shape index (κ2) is 10.3. The van der Waals surface area contributed by atoms with Gasteiger partial charge in [0.15, 0.2) is 0 Å². The van der Waals surface area contributed by atoms with Crippen LogP contribution in [-0.4, -0.2) is 29.4 Å². The van der Waals surface area contributed by atoms with E-state index in [9.17, 15) is 14.4 Å². The highest BCUT2D eigenvalue weighted by molar-refractivity contribution is 6.05. The van der Waals surface area contributed by atoms with Gasteiger partial charge in [-0.05, 0) is 42.0 Å². The van der Waals surface area contributed by atoms with Crippen LogP contribution in [0.3, 0.4) is 0 Å². The van der Waals surface area contributed by atoms with E-state index in [4.69, 9.17) is 9.84 Å². The third-order valence-electron chi connectivity index (χ3n) is 3.60. The molecule has 0 heterocycles. The lowest BCUT2D eigenvalue weighted by molar-refractivity contribution is -0.137. The number of amides is 2. The van der Waals surface area contributed by atoms with E-state index in [0.717, 1.165) is 0 Å². The molecule has 0 fully saturated rings. The Kier molecular flexibility index (Phi) is 7.50. The predicted molar refractivity (Wildman–Crippen MR) is 109 cm³/mol. The summed E-state index contributed by atoms with van der Waals surface area (Å²) in [6, 6.07) is 15.0. The van der Waals surface area contributed by atoms with Gasteiger partial charge in [-0.2, -0.15) is 0 Å². The van der Waals surface area contributed by atoms with Gasteiger partial charge < -0.3 is 20.5 Å². The van der Waals surface area contributed by atoms with Crippen LogP contribution < -0.4 is 15.4 Å². The van der Waals surface area contributed by atoms with E-state index in [2.05, 4.69) is 23.8 Å². The fourth-order valence-corrected chi connectivity index (χ4v) is 2.19. The molecule has 0 aliphatic carbocycles. The Morgan fingerprint density at radius 3 is 2.28 bits per heavy atom. The monoisotopic (exact) mass is 392 g/mol. The lowest BCUT2D eigenvalue weighted by Crippen LogP contribution is -2.37. The zero-order valence-corrected chi connectivity index (χ0v) is 15.6. The van der Waals surface area contributed by atoms with Gasteiger partial charge >= 0.3 is 5.97 Å². The van der Waals surface area contributed by atoms with Gasteiger partial charge in [-0.15, -0.1) is 0 Å². The minimum Gasteiger partial charge on any atom is -0.480 e. The molecule has 0 atom stereocenters. The molecule has 0 radical (unpaired) electrons. The quantitative estimate of drug-likeness (QED) is 0.346. The number of hydrogen-bond acceptors (Lipinski definition) is 4. The van der Waals surface area contributed by atoms with E-state index in [-0.39, 0.29) is 5.70 Å². The van der Waals surface area contributed by atoms with Crippen LogP contribution in [0.2, 0.25) is 0 Å².